The van der Waals surface area contributed by atoms with Crippen molar-refractivity contribution in [1.29, 1.82) is 0 Å². The molecule has 1 aliphatic heterocycles. The summed E-state index contributed by atoms with van der Waals surface area (Å²) >= 11 is 0. The molecule has 1 aromatic rings. The van der Waals surface area contributed by atoms with Crippen LogP contribution in [-0.2, 0) is 0 Å². The first-order chi connectivity index (χ1) is 9.72. The lowest BCUT2D eigenvalue weighted by Crippen LogP contribution is -2.34. The lowest BCUT2D eigenvalue weighted by Gasteiger charge is -2.26. The van der Waals surface area contributed by atoms with E-state index in [4.69, 9.17) is 5.84 Å². The van der Waals surface area contributed by atoms with Gasteiger partial charge in [0.1, 0.15) is 18.0 Å². The zero-order chi connectivity index (χ0) is 14.4. The second kappa shape index (κ2) is 7.40. The lowest BCUT2D eigenvalue weighted by atomic mass is 10.0. The van der Waals surface area contributed by atoms with Gasteiger partial charge in [-0.2, -0.15) is 0 Å². The van der Waals surface area contributed by atoms with Crippen LogP contribution < -0.4 is 16.6 Å². The van der Waals surface area contributed by atoms with Gasteiger partial charge in [-0.25, -0.2) is 15.8 Å². The van der Waals surface area contributed by atoms with Gasteiger partial charge in [0.05, 0.1) is 0 Å². The molecule has 1 fully saturated rings. The van der Waals surface area contributed by atoms with Crippen molar-refractivity contribution in [3.63, 3.8) is 0 Å². The molecule has 0 aromatic carbocycles. The van der Waals surface area contributed by atoms with E-state index in [-0.39, 0.29) is 0 Å². The van der Waals surface area contributed by atoms with Gasteiger partial charge in [0.15, 0.2) is 0 Å². The molecule has 6 heteroatoms. The lowest BCUT2D eigenvalue weighted by molar-refractivity contribution is 0.237. The average molecular weight is 278 g/mol. The van der Waals surface area contributed by atoms with Crippen LogP contribution in [0.2, 0.25) is 0 Å². The highest BCUT2D eigenvalue weighted by Crippen LogP contribution is 2.27. The summed E-state index contributed by atoms with van der Waals surface area (Å²) in [6.07, 6.45) is 5.57. The molecule has 1 saturated heterocycles. The summed E-state index contributed by atoms with van der Waals surface area (Å²) in [5.74, 6) is 7.44. The molecule has 0 atom stereocenters. The van der Waals surface area contributed by atoms with Crippen molar-refractivity contribution in [2.45, 2.75) is 39.0 Å². The second-order valence-corrected chi connectivity index (χ2v) is 5.61. The van der Waals surface area contributed by atoms with Crippen LogP contribution >= 0.6 is 0 Å². The van der Waals surface area contributed by atoms with Crippen molar-refractivity contribution < 1.29 is 0 Å². The maximum atomic E-state index is 5.53. The Hall–Kier alpha value is -1.40. The van der Waals surface area contributed by atoms with E-state index in [0.717, 1.165) is 24.5 Å². The van der Waals surface area contributed by atoms with Gasteiger partial charge in [0.25, 0.3) is 0 Å². The Bertz CT molecular complexity index is 414. The summed E-state index contributed by atoms with van der Waals surface area (Å²) in [5, 5.41) is 3.43. The van der Waals surface area contributed by atoms with Gasteiger partial charge in [0.2, 0.25) is 0 Å². The molecular weight excluding hydrogens is 252 g/mol. The van der Waals surface area contributed by atoms with Gasteiger partial charge < -0.3 is 15.6 Å². The number of nitrogens with two attached hydrogens (primary N) is 1. The first-order valence-electron chi connectivity index (χ1n) is 7.50. The first-order valence-corrected chi connectivity index (χ1v) is 7.50. The quantitative estimate of drug-likeness (QED) is 0.544. The largest absolute Gasteiger partial charge is 0.368 e. The number of nitrogens with zero attached hydrogens (tertiary/aromatic N) is 3. The molecule has 112 valence electrons. The van der Waals surface area contributed by atoms with E-state index in [2.05, 4.69) is 39.5 Å². The van der Waals surface area contributed by atoms with Gasteiger partial charge in [-0.05, 0) is 31.8 Å². The van der Waals surface area contributed by atoms with Crippen LogP contribution in [-0.4, -0.2) is 41.0 Å². The predicted octanol–water partition coefficient (Wildman–Crippen LogP) is 1.78. The summed E-state index contributed by atoms with van der Waals surface area (Å²) in [6, 6.07) is 0. The van der Waals surface area contributed by atoms with Crippen LogP contribution in [0.25, 0.3) is 0 Å². The molecular formula is C14H26N6. The zero-order valence-electron chi connectivity index (χ0n) is 12.5. The molecule has 0 bridgehead atoms. The molecule has 0 radical (unpaired) electrons. The maximum absolute atomic E-state index is 5.53. The Morgan fingerprint density at radius 1 is 1.20 bits per heavy atom. The predicted molar refractivity (Wildman–Crippen MR) is 82.7 cm³/mol. The van der Waals surface area contributed by atoms with E-state index in [1.54, 1.807) is 6.33 Å². The Balaban J connectivity index is 1.94. The van der Waals surface area contributed by atoms with Crippen molar-refractivity contribution in [3.8, 4) is 0 Å². The highest BCUT2D eigenvalue weighted by atomic mass is 15.3. The molecule has 1 aliphatic rings. The minimum absolute atomic E-state index is 0.319. The number of piperidine rings is 1. The fourth-order valence-electron chi connectivity index (χ4n) is 2.71. The monoisotopic (exact) mass is 278 g/mol. The topological polar surface area (TPSA) is 79.1 Å². The average Bonchev–Trinajstić information content (AvgIpc) is 2.47. The molecule has 6 nitrogen and oxygen atoms in total. The van der Waals surface area contributed by atoms with E-state index in [9.17, 15) is 0 Å². The molecule has 2 rings (SSSR count). The fraction of sp³-hybridized carbons (Fsp3) is 0.714. The molecule has 0 aliphatic carbocycles. The standard InChI is InChI=1S/C14H26N6/c1-11(2)12-13(17-10-18-14(12)19-15)16-6-9-20-7-4-3-5-8-20/h10-11H,3-9,15H2,1-2H3,(H2,16,17,18,19). The van der Waals surface area contributed by atoms with Crippen molar-refractivity contribution in [2.24, 2.45) is 5.84 Å². The van der Waals surface area contributed by atoms with Crippen LogP contribution in [0.5, 0.6) is 0 Å². The molecule has 0 spiro atoms. The molecule has 1 aromatic heterocycles. The van der Waals surface area contributed by atoms with Crippen molar-refractivity contribution in [2.75, 3.05) is 36.9 Å². The van der Waals surface area contributed by atoms with Crippen LogP contribution in [0, 0.1) is 0 Å². The van der Waals surface area contributed by atoms with Gasteiger partial charge in [-0.3, -0.25) is 0 Å². The van der Waals surface area contributed by atoms with Gasteiger partial charge in [-0.1, -0.05) is 20.3 Å². The Kier molecular flexibility index (Phi) is 5.55. The zero-order valence-corrected chi connectivity index (χ0v) is 12.5. The third-order valence-corrected chi connectivity index (χ3v) is 3.77. The van der Waals surface area contributed by atoms with E-state index in [1.807, 2.05) is 0 Å². The first kappa shape index (κ1) is 15.0. The number of rotatable bonds is 6. The smallest absolute Gasteiger partial charge is 0.148 e. The fourth-order valence-corrected chi connectivity index (χ4v) is 2.71. The van der Waals surface area contributed by atoms with Crippen molar-refractivity contribution >= 4 is 11.6 Å². The molecule has 20 heavy (non-hydrogen) atoms. The molecule has 2 heterocycles. The third kappa shape index (κ3) is 3.80. The molecule has 0 amide bonds. The summed E-state index contributed by atoms with van der Waals surface area (Å²) in [4.78, 5) is 11.0. The number of hydrogen-bond acceptors (Lipinski definition) is 6. The van der Waals surface area contributed by atoms with Crippen LogP contribution in [0.3, 0.4) is 0 Å². The Labute approximate surface area is 121 Å². The van der Waals surface area contributed by atoms with Gasteiger partial charge >= 0.3 is 0 Å². The Morgan fingerprint density at radius 3 is 2.55 bits per heavy atom. The van der Waals surface area contributed by atoms with E-state index < -0.39 is 0 Å². The number of nitrogens with one attached hydrogen (secondary N) is 2. The van der Waals surface area contributed by atoms with E-state index in [0.29, 0.717) is 11.7 Å². The minimum atomic E-state index is 0.319. The van der Waals surface area contributed by atoms with Crippen LogP contribution in [0.4, 0.5) is 11.6 Å². The summed E-state index contributed by atoms with van der Waals surface area (Å²) in [7, 11) is 0. The van der Waals surface area contributed by atoms with Crippen molar-refractivity contribution in [1.82, 2.24) is 14.9 Å². The number of hydrogen-bond donors (Lipinski definition) is 3. The van der Waals surface area contributed by atoms with E-state index >= 15 is 0 Å². The third-order valence-electron chi connectivity index (χ3n) is 3.77. The number of likely N-dealkylation sites (tertiary alicyclic amines) is 1. The van der Waals surface area contributed by atoms with E-state index in [1.165, 1.54) is 32.4 Å². The summed E-state index contributed by atoms with van der Waals surface area (Å²) < 4.78 is 0. The highest BCUT2D eigenvalue weighted by Gasteiger charge is 2.15. The maximum Gasteiger partial charge on any atom is 0.148 e. The minimum Gasteiger partial charge on any atom is -0.368 e. The Morgan fingerprint density at radius 2 is 1.90 bits per heavy atom. The van der Waals surface area contributed by atoms with Crippen LogP contribution in [0.1, 0.15) is 44.6 Å². The van der Waals surface area contributed by atoms with Crippen LogP contribution in [0.15, 0.2) is 6.33 Å². The number of aromatic nitrogens is 2. The van der Waals surface area contributed by atoms with Gasteiger partial charge in [-0.15, -0.1) is 0 Å². The summed E-state index contributed by atoms with van der Waals surface area (Å²) in [5.41, 5.74) is 3.71. The summed E-state index contributed by atoms with van der Waals surface area (Å²) in [6.45, 7) is 8.65. The van der Waals surface area contributed by atoms with Crippen molar-refractivity contribution in [3.05, 3.63) is 11.9 Å². The highest BCUT2D eigenvalue weighted by molar-refractivity contribution is 5.58. The number of hydrazine groups is 1. The second-order valence-electron chi connectivity index (χ2n) is 5.61. The number of nitrogen functional groups attached to an aromatic ring is 1. The molecule has 0 saturated carbocycles. The number of anilines is 2. The normalized spacial score (nSPS) is 16.4. The molecule has 0 unspecified atom stereocenters. The molecule has 4 N–H and O–H groups in total. The SMILES string of the molecule is CC(C)c1c(NN)ncnc1NCCN1CCCCC1. The van der Waals surface area contributed by atoms with Gasteiger partial charge in [0, 0.05) is 18.7 Å².